The van der Waals surface area contributed by atoms with Gasteiger partial charge in [-0.25, -0.2) is 4.39 Å². The maximum Gasteiger partial charge on any atom is 0.253 e. The van der Waals surface area contributed by atoms with Crippen LogP contribution >= 0.6 is 0 Å². The standard InChI is InChI=1S/C19H21FN2O2/c20-16-3-1-2-14(10-16)18-9-6-15(11-21-18)19(24)22-17-7-4-13(12-23)5-8-17/h1-3,6,9-11,13,17,23H,4-5,7-8,12H2,(H,22,24). The zero-order valence-electron chi connectivity index (χ0n) is 13.4. The van der Waals surface area contributed by atoms with E-state index >= 15 is 0 Å². The van der Waals surface area contributed by atoms with E-state index in [1.54, 1.807) is 24.3 Å². The molecule has 0 bridgehead atoms. The summed E-state index contributed by atoms with van der Waals surface area (Å²) in [6.07, 6.45) is 5.20. The molecule has 0 saturated heterocycles. The quantitative estimate of drug-likeness (QED) is 0.906. The number of rotatable bonds is 4. The molecule has 2 N–H and O–H groups in total. The van der Waals surface area contributed by atoms with Crippen molar-refractivity contribution in [3.8, 4) is 11.3 Å². The molecule has 1 fully saturated rings. The fourth-order valence-corrected chi connectivity index (χ4v) is 3.10. The fraction of sp³-hybridized carbons (Fsp3) is 0.368. The third-order valence-corrected chi connectivity index (χ3v) is 4.59. The number of nitrogens with one attached hydrogen (secondary N) is 1. The van der Waals surface area contributed by atoms with E-state index in [2.05, 4.69) is 10.3 Å². The van der Waals surface area contributed by atoms with Crippen LogP contribution < -0.4 is 5.32 Å². The topological polar surface area (TPSA) is 62.2 Å². The summed E-state index contributed by atoms with van der Waals surface area (Å²) in [5, 5.41) is 12.2. The lowest BCUT2D eigenvalue weighted by Gasteiger charge is -2.27. The van der Waals surface area contributed by atoms with Crippen molar-refractivity contribution in [3.05, 3.63) is 54.0 Å². The monoisotopic (exact) mass is 328 g/mol. The molecule has 0 radical (unpaired) electrons. The molecule has 1 aromatic carbocycles. The minimum absolute atomic E-state index is 0.138. The van der Waals surface area contributed by atoms with Crippen LogP contribution in [0.25, 0.3) is 11.3 Å². The molecule has 1 aromatic heterocycles. The van der Waals surface area contributed by atoms with Gasteiger partial charge in [0.2, 0.25) is 0 Å². The van der Waals surface area contributed by atoms with Crippen LogP contribution in [0.4, 0.5) is 4.39 Å². The number of halogens is 1. The summed E-state index contributed by atoms with van der Waals surface area (Å²) in [7, 11) is 0. The van der Waals surface area contributed by atoms with E-state index < -0.39 is 0 Å². The van der Waals surface area contributed by atoms with Gasteiger partial charge < -0.3 is 10.4 Å². The Bertz CT molecular complexity index is 695. The average molecular weight is 328 g/mol. The van der Waals surface area contributed by atoms with Crippen LogP contribution in [0.15, 0.2) is 42.6 Å². The van der Waals surface area contributed by atoms with Crippen molar-refractivity contribution in [2.75, 3.05) is 6.61 Å². The van der Waals surface area contributed by atoms with Crippen LogP contribution in [0.2, 0.25) is 0 Å². The van der Waals surface area contributed by atoms with Gasteiger partial charge in [-0.2, -0.15) is 0 Å². The molecule has 0 spiro atoms. The Hall–Kier alpha value is -2.27. The molecule has 0 unspecified atom stereocenters. The number of hydrogen-bond donors (Lipinski definition) is 2. The molecule has 2 aromatic rings. The summed E-state index contributed by atoms with van der Waals surface area (Å²) in [6, 6.07) is 9.82. The molecule has 1 aliphatic rings. The Labute approximate surface area is 140 Å². The molecular formula is C19H21FN2O2. The van der Waals surface area contributed by atoms with Gasteiger partial charge in [-0.15, -0.1) is 0 Å². The number of carbonyl (C=O) groups excluding carboxylic acids is 1. The summed E-state index contributed by atoms with van der Waals surface area (Å²) < 4.78 is 13.3. The number of pyridine rings is 1. The average Bonchev–Trinajstić information content (AvgIpc) is 2.62. The number of nitrogens with zero attached hydrogens (tertiary/aromatic N) is 1. The van der Waals surface area contributed by atoms with Crippen molar-refractivity contribution >= 4 is 5.91 Å². The number of aromatic nitrogens is 1. The van der Waals surface area contributed by atoms with E-state index in [1.807, 2.05) is 0 Å². The molecule has 1 saturated carbocycles. The van der Waals surface area contributed by atoms with Crippen LogP contribution in [0.5, 0.6) is 0 Å². The van der Waals surface area contributed by atoms with Crippen LogP contribution in [-0.4, -0.2) is 28.6 Å². The molecule has 1 amide bonds. The van der Waals surface area contributed by atoms with Gasteiger partial charge in [-0.05, 0) is 55.9 Å². The maximum absolute atomic E-state index is 13.3. The summed E-state index contributed by atoms with van der Waals surface area (Å²) in [4.78, 5) is 16.6. The van der Waals surface area contributed by atoms with Crippen molar-refractivity contribution in [1.29, 1.82) is 0 Å². The number of aliphatic hydroxyl groups excluding tert-OH is 1. The summed E-state index contributed by atoms with van der Waals surface area (Å²) in [5.74, 6) is -0.0827. The highest BCUT2D eigenvalue weighted by Gasteiger charge is 2.22. The molecule has 0 aliphatic heterocycles. The Kier molecular flexibility index (Phi) is 5.20. The predicted molar refractivity (Wildman–Crippen MR) is 89.9 cm³/mol. The lowest BCUT2D eigenvalue weighted by atomic mass is 9.86. The van der Waals surface area contributed by atoms with E-state index in [1.165, 1.54) is 18.3 Å². The molecule has 1 heterocycles. The van der Waals surface area contributed by atoms with Crippen molar-refractivity contribution in [2.45, 2.75) is 31.7 Å². The van der Waals surface area contributed by atoms with Crippen molar-refractivity contribution < 1.29 is 14.3 Å². The minimum Gasteiger partial charge on any atom is -0.396 e. The number of amides is 1. The van der Waals surface area contributed by atoms with Gasteiger partial charge >= 0.3 is 0 Å². The number of aliphatic hydroxyl groups is 1. The van der Waals surface area contributed by atoms with E-state index in [0.29, 0.717) is 22.7 Å². The summed E-state index contributed by atoms with van der Waals surface area (Å²) in [5.41, 5.74) is 1.82. The zero-order valence-corrected chi connectivity index (χ0v) is 13.4. The highest BCUT2D eigenvalue weighted by atomic mass is 19.1. The maximum atomic E-state index is 13.3. The van der Waals surface area contributed by atoms with E-state index in [4.69, 9.17) is 5.11 Å². The van der Waals surface area contributed by atoms with Gasteiger partial charge in [-0.1, -0.05) is 12.1 Å². The van der Waals surface area contributed by atoms with Gasteiger partial charge in [0, 0.05) is 24.4 Å². The van der Waals surface area contributed by atoms with E-state index in [-0.39, 0.29) is 24.4 Å². The molecule has 24 heavy (non-hydrogen) atoms. The smallest absolute Gasteiger partial charge is 0.253 e. The highest BCUT2D eigenvalue weighted by Crippen LogP contribution is 2.24. The first-order valence-corrected chi connectivity index (χ1v) is 8.29. The number of hydrogen-bond acceptors (Lipinski definition) is 3. The van der Waals surface area contributed by atoms with Gasteiger partial charge in [0.1, 0.15) is 5.82 Å². The number of carbonyl (C=O) groups is 1. The summed E-state index contributed by atoms with van der Waals surface area (Å²) in [6.45, 7) is 0.228. The summed E-state index contributed by atoms with van der Waals surface area (Å²) >= 11 is 0. The molecular weight excluding hydrogens is 307 g/mol. The van der Waals surface area contributed by atoms with Crippen molar-refractivity contribution in [3.63, 3.8) is 0 Å². The Balaban J connectivity index is 1.62. The van der Waals surface area contributed by atoms with E-state index in [0.717, 1.165) is 25.7 Å². The van der Waals surface area contributed by atoms with Crippen LogP contribution in [0, 0.1) is 11.7 Å². The molecule has 126 valence electrons. The zero-order chi connectivity index (χ0) is 16.9. The first-order valence-electron chi connectivity index (χ1n) is 8.29. The van der Waals surface area contributed by atoms with Crippen LogP contribution in [0.3, 0.4) is 0 Å². The van der Waals surface area contributed by atoms with Gasteiger partial charge in [-0.3, -0.25) is 9.78 Å². The van der Waals surface area contributed by atoms with Gasteiger partial charge in [0.15, 0.2) is 0 Å². The van der Waals surface area contributed by atoms with Crippen LogP contribution in [-0.2, 0) is 0 Å². The lowest BCUT2D eigenvalue weighted by Crippen LogP contribution is -2.38. The number of benzene rings is 1. The highest BCUT2D eigenvalue weighted by molar-refractivity contribution is 5.94. The predicted octanol–water partition coefficient (Wildman–Crippen LogP) is 3.17. The lowest BCUT2D eigenvalue weighted by molar-refractivity contribution is 0.0913. The molecule has 1 aliphatic carbocycles. The Morgan fingerprint density at radius 2 is 2.00 bits per heavy atom. The second-order valence-corrected chi connectivity index (χ2v) is 6.32. The molecule has 4 nitrogen and oxygen atoms in total. The normalized spacial score (nSPS) is 20.6. The Morgan fingerprint density at radius 3 is 2.62 bits per heavy atom. The van der Waals surface area contributed by atoms with Crippen LogP contribution in [0.1, 0.15) is 36.0 Å². The second kappa shape index (κ2) is 7.53. The molecule has 3 rings (SSSR count). The van der Waals surface area contributed by atoms with Gasteiger partial charge in [0.05, 0.1) is 11.3 Å². The molecule has 0 atom stereocenters. The SMILES string of the molecule is O=C(NC1CCC(CO)CC1)c1ccc(-c2cccc(F)c2)nc1. The van der Waals surface area contributed by atoms with E-state index in [9.17, 15) is 9.18 Å². The minimum atomic E-state index is -0.311. The fourth-order valence-electron chi connectivity index (χ4n) is 3.10. The van der Waals surface area contributed by atoms with Crippen molar-refractivity contribution in [2.24, 2.45) is 5.92 Å². The Morgan fingerprint density at radius 1 is 1.21 bits per heavy atom. The third kappa shape index (κ3) is 3.97. The second-order valence-electron chi connectivity index (χ2n) is 6.32. The molecule has 5 heteroatoms. The van der Waals surface area contributed by atoms with Gasteiger partial charge in [0.25, 0.3) is 5.91 Å². The first-order chi connectivity index (χ1) is 11.7. The van der Waals surface area contributed by atoms with Crippen molar-refractivity contribution in [1.82, 2.24) is 10.3 Å². The largest absolute Gasteiger partial charge is 0.396 e. The first kappa shape index (κ1) is 16.6. The third-order valence-electron chi connectivity index (χ3n) is 4.59.